The molecule has 1 aliphatic carbocycles. The highest BCUT2D eigenvalue weighted by atomic mass is 32.1. The number of benzene rings is 1. The number of hydrogen-bond donors (Lipinski definition) is 0. The highest BCUT2D eigenvalue weighted by Crippen LogP contribution is 2.53. The summed E-state index contributed by atoms with van der Waals surface area (Å²) in [6, 6.07) is 9.67. The van der Waals surface area contributed by atoms with E-state index in [0.717, 1.165) is 19.5 Å². The van der Waals surface area contributed by atoms with Crippen LogP contribution < -0.4 is 4.90 Å². The number of amides is 1. The first-order valence-corrected chi connectivity index (χ1v) is 12.6. The van der Waals surface area contributed by atoms with Crippen molar-refractivity contribution in [2.24, 2.45) is 0 Å². The van der Waals surface area contributed by atoms with Gasteiger partial charge in [-0.05, 0) is 67.7 Å². The molecule has 3 aliphatic rings. The first-order valence-electron chi connectivity index (χ1n) is 11.7. The van der Waals surface area contributed by atoms with E-state index in [1.807, 2.05) is 20.3 Å². The lowest BCUT2D eigenvalue weighted by Crippen LogP contribution is -2.50. The standard InChI is InChI=1S/C25H34N4OS/c1-27(2)23(30)17-19-18-25(22-6-4-3-5-21(19)22)9-14-28(15-10-25)20-7-12-29(13-8-20)24-26-11-16-31-24/h3-6,11,16,19-20H,7-10,12-15,17-18H2,1-2H3. The third-order valence-corrected chi connectivity index (χ3v) is 8.79. The van der Waals surface area contributed by atoms with Crippen LogP contribution in [0.5, 0.6) is 0 Å². The molecule has 6 heteroatoms. The second-order valence-electron chi connectivity index (χ2n) is 9.83. The van der Waals surface area contributed by atoms with E-state index in [2.05, 4.69) is 44.4 Å². The van der Waals surface area contributed by atoms with Crippen molar-refractivity contribution in [2.45, 2.75) is 55.9 Å². The van der Waals surface area contributed by atoms with Gasteiger partial charge in [0.2, 0.25) is 5.91 Å². The van der Waals surface area contributed by atoms with Crippen molar-refractivity contribution in [2.75, 3.05) is 45.2 Å². The Balaban J connectivity index is 1.23. The largest absolute Gasteiger partial charge is 0.349 e. The number of hydrogen-bond acceptors (Lipinski definition) is 5. The van der Waals surface area contributed by atoms with Gasteiger partial charge in [0.05, 0.1) is 0 Å². The minimum Gasteiger partial charge on any atom is -0.349 e. The predicted molar refractivity (Wildman–Crippen MR) is 127 cm³/mol. The van der Waals surface area contributed by atoms with E-state index >= 15 is 0 Å². The molecular formula is C25H34N4OS. The Kier molecular flexibility index (Phi) is 5.78. The second kappa shape index (κ2) is 8.55. The lowest BCUT2D eigenvalue weighted by atomic mass is 9.72. The zero-order chi connectivity index (χ0) is 21.4. The molecule has 0 N–H and O–H groups in total. The third-order valence-electron chi connectivity index (χ3n) is 7.95. The van der Waals surface area contributed by atoms with Gasteiger partial charge >= 0.3 is 0 Å². The van der Waals surface area contributed by atoms with Crippen LogP contribution >= 0.6 is 11.3 Å². The van der Waals surface area contributed by atoms with Crippen molar-refractivity contribution >= 4 is 22.4 Å². The fraction of sp³-hybridized carbons (Fsp3) is 0.600. The lowest BCUT2D eigenvalue weighted by Gasteiger charge is -2.45. The van der Waals surface area contributed by atoms with E-state index in [1.165, 1.54) is 55.0 Å². The maximum atomic E-state index is 12.5. The van der Waals surface area contributed by atoms with Gasteiger partial charge in [0, 0.05) is 51.2 Å². The number of rotatable bonds is 4. The molecule has 0 bridgehead atoms. The average Bonchev–Trinajstić information content (AvgIpc) is 3.43. The van der Waals surface area contributed by atoms with Crippen molar-refractivity contribution in [1.82, 2.24) is 14.8 Å². The van der Waals surface area contributed by atoms with Crippen LogP contribution in [0.1, 0.15) is 55.6 Å². The van der Waals surface area contributed by atoms with Gasteiger partial charge in [0.15, 0.2) is 5.13 Å². The van der Waals surface area contributed by atoms with E-state index in [-0.39, 0.29) is 11.3 Å². The van der Waals surface area contributed by atoms with Crippen LogP contribution in [0.4, 0.5) is 5.13 Å². The van der Waals surface area contributed by atoms with Crippen LogP contribution in [0.25, 0.3) is 0 Å². The Labute approximate surface area is 190 Å². The van der Waals surface area contributed by atoms with Gasteiger partial charge in [0.25, 0.3) is 0 Å². The molecule has 2 fully saturated rings. The minimum absolute atomic E-state index is 0.251. The molecule has 5 nitrogen and oxygen atoms in total. The maximum Gasteiger partial charge on any atom is 0.222 e. The Hall–Kier alpha value is -1.92. The Bertz CT molecular complexity index is 896. The minimum atomic E-state index is 0.251. The number of carbonyl (C=O) groups is 1. The second-order valence-corrected chi connectivity index (χ2v) is 10.7. The Morgan fingerprint density at radius 2 is 1.90 bits per heavy atom. The van der Waals surface area contributed by atoms with E-state index in [0.29, 0.717) is 18.4 Å². The summed E-state index contributed by atoms with van der Waals surface area (Å²) in [5.74, 6) is 0.625. The monoisotopic (exact) mass is 438 g/mol. The molecular weight excluding hydrogens is 404 g/mol. The predicted octanol–water partition coefficient (Wildman–Crippen LogP) is 4.11. The van der Waals surface area contributed by atoms with Crippen LogP contribution in [0.3, 0.4) is 0 Å². The molecule has 1 aromatic carbocycles. The zero-order valence-electron chi connectivity index (χ0n) is 18.8. The molecule has 166 valence electrons. The quantitative estimate of drug-likeness (QED) is 0.720. The fourth-order valence-corrected chi connectivity index (χ4v) is 6.88. The van der Waals surface area contributed by atoms with Crippen LogP contribution in [-0.4, -0.2) is 67.0 Å². The van der Waals surface area contributed by atoms with E-state index in [9.17, 15) is 4.79 Å². The zero-order valence-corrected chi connectivity index (χ0v) is 19.6. The van der Waals surface area contributed by atoms with Crippen LogP contribution in [0.15, 0.2) is 35.8 Å². The first-order chi connectivity index (χ1) is 15.1. The van der Waals surface area contributed by atoms with Crippen molar-refractivity contribution in [3.63, 3.8) is 0 Å². The van der Waals surface area contributed by atoms with E-state index in [1.54, 1.807) is 16.2 Å². The summed E-state index contributed by atoms with van der Waals surface area (Å²) < 4.78 is 0. The highest BCUT2D eigenvalue weighted by Gasteiger charge is 2.46. The summed E-state index contributed by atoms with van der Waals surface area (Å²) >= 11 is 1.75. The Morgan fingerprint density at radius 1 is 1.16 bits per heavy atom. The topological polar surface area (TPSA) is 39.7 Å². The highest BCUT2D eigenvalue weighted by molar-refractivity contribution is 7.13. The van der Waals surface area contributed by atoms with Crippen LogP contribution in [0, 0.1) is 0 Å². The number of fused-ring (bicyclic) bond motifs is 2. The van der Waals surface area contributed by atoms with Crippen molar-refractivity contribution in [3.8, 4) is 0 Å². The molecule has 0 radical (unpaired) electrons. The molecule has 1 aromatic heterocycles. The van der Waals surface area contributed by atoms with Gasteiger partial charge < -0.3 is 14.7 Å². The first kappa shape index (κ1) is 21.0. The molecule has 1 unspecified atom stereocenters. The average molecular weight is 439 g/mol. The van der Waals surface area contributed by atoms with Gasteiger partial charge in [-0.2, -0.15) is 0 Å². The molecule has 1 amide bonds. The van der Waals surface area contributed by atoms with Gasteiger partial charge in [0.1, 0.15) is 0 Å². The smallest absolute Gasteiger partial charge is 0.222 e. The molecule has 5 rings (SSSR count). The Morgan fingerprint density at radius 3 is 2.58 bits per heavy atom. The summed E-state index contributed by atoms with van der Waals surface area (Å²) in [6.45, 7) is 4.62. The number of nitrogens with zero attached hydrogens (tertiary/aromatic N) is 4. The van der Waals surface area contributed by atoms with Crippen LogP contribution in [-0.2, 0) is 10.2 Å². The molecule has 0 saturated carbocycles. The number of anilines is 1. The van der Waals surface area contributed by atoms with Crippen LogP contribution in [0.2, 0.25) is 0 Å². The summed E-state index contributed by atoms with van der Waals surface area (Å²) in [5, 5.41) is 3.25. The van der Waals surface area contributed by atoms with E-state index in [4.69, 9.17) is 0 Å². The maximum absolute atomic E-state index is 12.5. The van der Waals surface area contributed by atoms with Crippen molar-refractivity contribution < 1.29 is 4.79 Å². The number of thiazole rings is 1. The molecule has 3 heterocycles. The fourth-order valence-electron chi connectivity index (χ4n) is 6.19. The number of aromatic nitrogens is 1. The summed E-state index contributed by atoms with van der Waals surface area (Å²) in [7, 11) is 3.74. The van der Waals surface area contributed by atoms with Gasteiger partial charge in [-0.25, -0.2) is 4.98 Å². The van der Waals surface area contributed by atoms with Gasteiger partial charge in [-0.1, -0.05) is 24.3 Å². The molecule has 31 heavy (non-hydrogen) atoms. The summed E-state index contributed by atoms with van der Waals surface area (Å²) in [6.07, 6.45) is 8.63. The van der Waals surface area contributed by atoms with Crippen molar-refractivity contribution in [3.05, 3.63) is 47.0 Å². The third kappa shape index (κ3) is 4.00. The van der Waals surface area contributed by atoms with Gasteiger partial charge in [-0.3, -0.25) is 4.79 Å². The summed E-state index contributed by atoms with van der Waals surface area (Å²) in [5.41, 5.74) is 3.24. The molecule has 1 spiro atoms. The molecule has 2 aromatic rings. The molecule has 2 saturated heterocycles. The summed E-state index contributed by atoms with van der Waals surface area (Å²) in [4.78, 5) is 23.9. The normalized spacial score (nSPS) is 23.8. The number of piperidine rings is 2. The SMILES string of the molecule is CN(C)C(=O)CC1CC2(CCN(C3CCN(c4nccs4)CC3)CC2)c2ccccc21. The number of carbonyl (C=O) groups excluding carboxylic acids is 1. The van der Waals surface area contributed by atoms with Gasteiger partial charge in [-0.15, -0.1) is 11.3 Å². The molecule has 1 atom stereocenters. The molecule has 2 aliphatic heterocycles. The van der Waals surface area contributed by atoms with E-state index < -0.39 is 0 Å². The number of likely N-dealkylation sites (tertiary alicyclic amines) is 1. The van der Waals surface area contributed by atoms with Crippen molar-refractivity contribution in [1.29, 1.82) is 0 Å². The lowest BCUT2D eigenvalue weighted by molar-refractivity contribution is -0.129.